The highest BCUT2D eigenvalue weighted by Crippen LogP contribution is 2.10. The maximum Gasteiger partial charge on any atom is 0.255 e. The number of hydrogen-bond acceptors (Lipinski definition) is 3. The van der Waals surface area contributed by atoms with E-state index in [1.807, 2.05) is 0 Å². The Morgan fingerprint density at radius 2 is 1.64 bits per heavy atom. The minimum Gasteiger partial charge on any atom is -0.383 e. The van der Waals surface area contributed by atoms with Gasteiger partial charge in [0.05, 0.1) is 12.2 Å². The molecule has 0 atom stereocenters. The van der Waals surface area contributed by atoms with E-state index in [0.29, 0.717) is 18.5 Å². The number of anilines is 1. The summed E-state index contributed by atoms with van der Waals surface area (Å²) in [5, 5.41) is 2.87. The molecular weight excluding hydrogens is 281 g/mol. The zero-order chi connectivity index (χ0) is 16.0. The zero-order valence-electron chi connectivity index (χ0n) is 13.3. The number of halogens is 1. The van der Waals surface area contributed by atoms with Gasteiger partial charge in [-0.15, -0.1) is 0 Å². The van der Waals surface area contributed by atoms with Crippen LogP contribution in [0.25, 0.3) is 0 Å². The fourth-order valence-corrected chi connectivity index (χ4v) is 2.36. The SMILES string of the molecule is Nc1ncccc1C(=O)NCCCCCCCCCCCF. The lowest BCUT2D eigenvalue weighted by Crippen LogP contribution is -2.25. The lowest BCUT2D eigenvalue weighted by Gasteiger charge is -2.06. The fraction of sp³-hybridized carbons (Fsp3) is 0.647. The number of nitrogens with zero attached hydrogens (tertiary/aromatic N) is 1. The number of carbonyl (C=O) groups excluding carboxylic acids is 1. The maximum atomic E-state index is 11.9. The van der Waals surface area contributed by atoms with E-state index in [0.717, 1.165) is 25.7 Å². The summed E-state index contributed by atoms with van der Waals surface area (Å²) < 4.78 is 11.9. The summed E-state index contributed by atoms with van der Waals surface area (Å²) in [6, 6.07) is 3.39. The Hall–Kier alpha value is -1.65. The Kier molecular flexibility index (Phi) is 9.99. The molecule has 0 spiro atoms. The minimum atomic E-state index is -0.184. The Balaban J connectivity index is 1.95. The van der Waals surface area contributed by atoms with Gasteiger partial charge in [-0.1, -0.05) is 44.9 Å². The van der Waals surface area contributed by atoms with Crippen LogP contribution in [-0.4, -0.2) is 24.1 Å². The number of carbonyl (C=O) groups is 1. The van der Waals surface area contributed by atoms with Gasteiger partial charge in [-0.2, -0.15) is 0 Å². The van der Waals surface area contributed by atoms with Gasteiger partial charge in [-0.05, 0) is 25.0 Å². The first-order valence-electron chi connectivity index (χ1n) is 8.30. The minimum absolute atomic E-state index is 0.154. The van der Waals surface area contributed by atoms with Crippen LogP contribution < -0.4 is 11.1 Å². The summed E-state index contributed by atoms with van der Waals surface area (Å²) in [5.74, 6) is 0.117. The first kappa shape index (κ1) is 18.4. The van der Waals surface area contributed by atoms with Gasteiger partial charge in [-0.25, -0.2) is 4.98 Å². The Morgan fingerprint density at radius 1 is 1.05 bits per heavy atom. The number of aromatic nitrogens is 1. The third-order valence-electron chi connectivity index (χ3n) is 3.68. The van der Waals surface area contributed by atoms with E-state index < -0.39 is 0 Å². The van der Waals surface area contributed by atoms with Crippen molar-refractivity contribution in [2.24, 2.45) is 0 Å². The van der Waals surface area contributed by atoms with Crippen molar-refractivity contribution in [3.05, 3.63) is 23.9 Å². The highest BCUT2D eigenvalue weighted by atomic mass is 19.1. The molecule has 1 rings (SSSR count). The Bertz CT molecular complexity index is 426. The van der Waals surface area contributed by atoms with Crippen LogP contribution in [0.15, 0.2) is 18.3 Å². The number of nitrogens with one attached hydrogen (secondary N) is 1. The van der Waals surface area contributed by atoms with Gasteiger partial charge < -0.3 is 11.1 Å². The summed E-state index contributed by atoms with van der Waals surface area (Å²) in [6.45, 7) is 0.486. The van der Waals surface area contributed by atoms with Gasteiger partial charge in [-0.3, -0.25) is 9.18 Å². The second kappa shape index (κ2) is 12.0. The Labute approximate surface area is 132 Å². The zero-order valence-corrected chi connectivity index (χ0v) is 13.3. The van der Waals surface area contributed by atoms with Crippen LogP contribution in [0.4, 0.5) is 10.2 Å². The summed E-state index contributed by atoms with van der Waals surface area (Å²) in [7, 11) is 0. The fourth-order valence-electron chi connectivity index (χ4n) is 2.36. The first-order valence-corrected chi connectivity index (χ1v) is 8.30. The predicted octanol–water partition coefficient (Wildman–Crippen LogP) is 3.87. The van der Waals surface area contributed by atoms with E-state index in [1.54, 1.807) is 18.3 Å². The monoisotopic (exact) mass is 309 g/mol. The van der Waals surface area contributed by atoms with Crippen LogP contribution in [0.2, 0.25) is 0 Å². The second-order valence-corrected chi connectivity index (χ2v) is 5.56. The highest BCUT2D eigenvalue weighted by Gasteiger charge is 2.08. The smallest absolute Gasteiger partial charge is 0.255 e. The number of alkyl halides is 1. The molecule has 1 heterocycles. The van der Waals surface area contributed by atoms with Crippen LogP contribution in [-0.2, 0) is 0 Å². The second-order valence-electron chi connectivity index (χ2n) is 5.56. The number of unbranched alkanes of at least 4 members (excludes halogenated alkanes) is 8. The number of pyridine rings is 1. The van der Waals surface area contributed by atoms with Gasteiger partial charge in [0.1, 0.15) is 5.82 Å². The molecule has 0 aromatic carbocycles. The molecule has 0 unspecified atom stereocenters. The number of hydrogen-bond donors (Lipinski definition) is 2. The normalized spacial score (nSPS) is 10.6. The first-order chi connectivity index (χ1) is 10.8. The van der Waals surface area contributed by atoms with Crippen molar-refractivity contribution in [3.8, 4) is 0 Å². The molecule has 0 saturated heterocycles. The van der Waals surface area contributed by atoms with Crippen molar-refractivity contribution in [2.75, 3.05) is 19.0 Å². The largest absolute Gasteiger partial charge is 0.383 e. The van der Waals surface area contributed by atoms with Crippen LogP contribution in [0.1, 0.15) is 68.1 Å². The molecule has 22 heavy (non-hydrogen) atoms. The topological polar surface area (TPSA) is 68.0 Å². The number of amides is 1. The van der Waals surface area contributed by atoms with Crippen molar-refractivity contribution in [2.45, 2.75) is 57.8 Å². The average molecular weight is 309 g/mol. The maximum absolute atomic E-state index is 11.9. The number of nitrogen functional groups attached to an aromatic ring is 1. The molecule has 0 radical (unpaired) electrons. The van der Waals surface area contributed by atoms with Crippen molar-refractivity contribution >= 4 is 11.7 Å². The summed E-state index contributed by atoms with van der Waals surface area (Å²) in [6.07, 6.45) is 11.4. The van der Waals surface area contributed by atoms with Crippen LogP contribution >= 0.6 is 0 Å². The molecule has 1 aromatic rings. The van der Waals surface area contributed by atoms with E-state index in [2.05, 4.69) is 10.3 Å². The molecule has 3 N–H and O–H groups in total. The molecule has 0 aliphatic heterocycles. The van der Waals surface area contributed by atoms with Crippen molar-refractivity contribution in [3.63, 3.8) is 0 Å². The number of rotatable bonds is 12. The molecule has 124 valence electrons. The van der Waals surface area contributed by atoms with E-state index in [1.165, 1.54) is 25.7 Å². The molecule has 5 heteroatoms. The molecule has 1 amide bonds. The van der Waals surface area contributed by atoms with Crippen molar-refractivity contribution in [1.29, 1.82) is 0 Å². The van der Waals surface area contributed by atoms with Gasteiger partial charge in [0, 0.05) is 12.7 Å². The molecular formula is C17H28FN3O. The Morgan fingerprint density at radius 3 is 2.23 bits per heavy atom. The van der Waals surface area contributed by atoms with E-state index in [-0.39, 0.29) is 18.4 Å². The third-order valence-corrected chi connectivity index (χ3v) is 3.68. The van der Waals surface area contributed by atoms with Crippen molar-refractivity contribution < 1.29 is 9.18 Å². The van der Waals surface area contributed by atoms with Crippen LogP contribution in [0.5, 0.6) is 0 Å². The molecule has 0 fully saturated rings. The number of nitrogens with two attached hydrogens (primary N) is 1. The summed E-state index contributed by atoms with van der Waals surface area (Å²) in [4.78, 5) is 15.8. The quantitative estimate of drug-likeness (QED) is 0.576. The van der Waals surface area contributed by atoms with Gasteiger partial charge in [0.15, 0.2) is 0 Å². The highest BCUT2D eigenvalue weighted by molar-refractivity contribution is 5.98. The van der Waals surface area contributed by atoms with Crippen molar-refractivity contribution in [1.82, 2.24) is 10.3 Å². The lowest BCUT2D eigenvalue weighted by atomic mass is 10.1. The standard InChI is InChI=1S/C17H28FN3O/c18-12-8-6-4-2-1-3-5-7-9-13-21-17(22)15-11-10-14-20-16(15)19/h10-11,14H,1-9,12-13H2,(H2,19,20)(H,21,22). The predicted molar refractivity (Wildman–Crippen MR) is 88.5 cm³/mol. The molecule has 0 saturated carbocycles. The molecule has 0 bridgehead atoms. The van der Waals surface area contributed by atoms with Gasteiger partial charge in [0.25, 0.3) is 5.91 Å². The van der Waals surface area contributed by atoms with Crippen LogP contribution in [0, 0.1) is 0 Å². The molecule has 0 aliphatic rings. The lowest BCUT2D eigenvalue weighted by molar-refractivity contribution is 0.0953. The van der Waals surface area contributed by atoms with Gasteiger partial charge >= 0.3 is 0 Å². The molecule has 1 aromatic heterocycles. The van der Waals surface area contributed by atoms with Gasteiger partial charge in [0.2, 0.25) is 0 Å². The van der Waals surface area contributed by atoms with E-state index >= 15 is 0 Å². The summed E-state index contributed by atoms with van der Waals surface area (Å²) in [5.41, 5.74) is 6.10. The summed E-state index contributed by atoms with van der Waals surface area (Å²) >= 11 is 0. The molecule has 4 nitrogen and oxygen atoms in total. The third kappa shape index (κ3) is 7.96. The molecule has 0 aliphatic carbocycles. The average Bonchev–Trinajstić information content (AvgIpc) is 2.53. The van der Waals surface area contributed by atoms with Crippen LogP contribution in [0.3, 0.4) is 0 Å². The van der Waals surface area contributed by atoms with E-state index in [9.17, 15) is 9.18 Å². The van der Waals surface area contributed by atoms with E-state index in [4.69, 9.17) is 5.73 Å².